The second-order valence-electron chi connectivity index (χ2n) is 7.78. The lowest BCUT2D eigenvalue weighted by Crippen LogP contribution is -2.54. The number of hydrogen-bond acceptors (Lipinski definition) is 4. The van der Waals surface area contributed by atoms with Crippen molar-refractivity contribution in [2.45, 2.75) is 62.8 Å². The van der Waals surface area contributed by atoms with Crippen LogP contribution in [0.3, 0.4) is 0 Å². The fourth-order valence-electron chi connectivity index (χ4n) is 4.86. The van der Waals surface area contributed by atoms with Crippen LogP contribution in [0.25, 0.3) is 0 Å². The van der Waals surface area contributed by atoms with Crippen molar-refractivity contribution >= 4 is 5.91 Å². The van der Waals surface area contributed by atoms with Gasteiger partial charge in [-0.05, 0) is 49.4 Å². The molecule has 2 aromatic rings. The lowest BCUT2D eigenvalue weighted by molar-refractivity contribution is -0.145. The molecule has 0 radical (unpaired) electrons. The first kappa shape index (κ1) is 16.6. The second-order valence-corrected chi connectivity index (χ2v) is 7.78. The standard InChI is InChI=1S/C22H24N2O3/c25-22(21-8-5-15-3-1-2-4-20(15)27-21)24-16-6-7-17(24)14-19(13-16)26-18-9-11-23-12-10-18/h1-4,9-12,16-17,19,21H,5-8,13-14H2/t16-,17-,21-/m0/s1. The van der Waals surface area contributed by atoms with Crippen LogP contribution in [0.2, 0.25) is 0 Å². The van der Waals surface area contributed by atoms with Gasteiger partial charge in [0.05, 0.1) is 0 Å². The number of rotatable bonds is 3. The summed E-state index contributed by atoms with van der Waals surface area (Å²) in [5.41, 5.74) is 1.20. The van der Waals surface area contributed by atoms with E-state index >= 15 is 0 Å². The number of amides is 1. The molecule has 1 amide bonds. The van der Waals surface area contributed by atoms with Crippen molar-refractivity contribution in [3.63, 3.8) is 0 Å². The van der Waals surface area contributed by atoms with Crippen molar-refractivity contribution in [2.24, 2.45) is 0 Å². The molecule has 0 unspecified atom stereocenters. The van der Waals surface area contributed by atoms with Crippen LogP contribution >= 0.6 is 0 Å². The van der Waals surface area contributed by atoms with Crippen molar-refractivity contribution in [1.82, 2.24) is 9.88 Å². The predicted octanol–water partition coefficient (Wildman–Crippen LogP) is 3.38. The number of para-hydroxylation sites is 1. The molecule has 4 heterocycles. The Labute approximate surface area is 159 Å². The van der Waals surface area contributed by atoms with Crippen LogP contribution in [0.1, 0.15) is 37.7 Å². The number of carbonyl (C=O) groups excluding carboxylic acids is 1. The molecule has 5 rings (SSSR count). The summed E-state index contributed by atoms with van der Waals surface area (Å²) in [5.74, 6) is 1.89. The van der Waals surface area contributed by atoms with E-state index in [1.54, 1.807) is 12.4 Å². The Hall–Kier alpha value is -2.56. The van der Waals surface area contributed by atoms with Crippen LogP contribution in [-0.2, 0) is 11.2 Å². The van der Waals surface area contributed by atoms with Gasteiger partial charge >= 0.3 is 0 Å². The Morgan fingerprint density at radius 2 is 1.78 bits per heavy atom. The SMILES string of the molecule is O=C([C@@H]1CCc2ccccc2O1)N1[C@H]2CC[C@H]1CC(Oc1ccncc1)C2. The molecule has 2 saturated heterocycles. The molecule has 0 spiro atoms. The number of nitrogens with zero attached hydrogens (tertiary/aromatic N) is 2. The van der Waals surface area contributed by atoms with Crippen molar-refractivity contribution in [3.8, 4) is 11.5 Å². The number of benzene rings is 1. The van der Waals surface area contributed by atoms with E-state index in [1.807, 2.05) is 30.3 Å². The average molecular weight is 364 g/mol. The Balaban J connectivity index is 1.26. The van der Waals surface area contributed by atoms with E-state index in [4.69, 9.17) is 9.47 Å². The van der Waals surface area contributed by atoms with Gasteiger partial charge in [-0.15, -0.1) is 0 Å². The van der Waals surface area contributed by atoms with Gasteiger partial charge in [0.2, 0.25) is 0 Å². The van der Waals surface area contributed by atoms with Gasteiger partial charge in [-0.25, -0.2) is 0 Å². The largest absolute Gasteiger partial charge is 0.490 e. The highest BCUT2D eigenvalue weighted by molar-refractivity contribution is 5.82. The molecular weight excluding hydrogens is 340 g/mol. The van der Waals surface area contributed by atoms with Gasteiger partial charge in [0.1, 0.15) is 17.6 Å². The maximum atomic E-state index is 13.2. The van der Waals surface area contributed by atoms with Crippen LogP contribution in [0.15, 0.2) is 48.8 Å². The minimum Gasteiger partial charge on any atom is -0.490 e. The van der Waals surface area contributed by atoms with Gasteiger partial charge in [-0.3, -0.25) is 9.78 Å². The summed E-state index contributed by atoms with van der Waals surface area (Å²) in [7, 11) is 0. The first-order valence-electron chi connectivity index (χ1n) is 9.91. The molecule has 5 heteroatoms. The second kappa shape index (κ2) is 6.87. The Morgan fingerprint density at radius 1 is 1.04 bits per heavy atom. The highest BCUT2D eigenvalue weighted by Gasteiger charge is 2.46. The highest BCUT2D eigenvalue weighted by atomic mass is 16.5. The monoisotopic (exact) mass is 364 g/mol. The third kappa shape index (κ3) is 3.15. The molecule has 1 aromatic carbocycles. The van der Waals surface area contributed by atoms with Gasteiger partial charge < -0.3 is 14.4 Å². The van der Waals surface area contributed by atoms with Gasteiger partial charge in [-0.2, -0.15) is 0 Å². The molecule has 1 aromatic heterocycles. The molecule has 3 aliphatic heterocycles. The first-order valence-corrected chi connectivity index (χ1v) is 9.91. The number of pyridine rings is 1. The lowest BCUT2D eigenvalue weighted by Gasteiger charge is -2.41. The minimum absolute atomic E-state index is 0.166. The normalized spacial score (nSPS) is 29.0. The predicted molar refractivity (Wildman–Crippen MR) is 101 cm³/mol. The minimum atomic E-state index is -0.347. The van der Waals surface area contributed by atoms with E-state index in [9.17, 15) is 4.79 Å². The zero-order chi connectivity index (χ0) is 18.2. The number of ether oxygens (including phenoxy) is 2. The number of carbonyl (C=O) groups is 1. The summed E-state index contributed by atoms with van der Waals surface area (Å²) in [5, 5.41) is 0. The van der Waals surface area contributed by atoms with Crippen molar-refractivity contribution in [3.05, 3.63) is 54.4 Å². The zero-order valence-electron chi connectivity index (χ0n) is 15.3. The topological polar surface area (TPSA) is 51.7 Å². The molecule has 0 N–H and O–H groups in total. The van der Waals surface area contributed by atoms with E-state index in [-0.39, 0.29) is 30.2 Å². The van der Waals surface area contributed by atoms with Crippen LogP contribution in [0.4, 0.5) is 0 Å². The fourth-order valence-corrected chi connectivity index (χ4v) is 4.86. The Morgan fingerprint density at radius 3 is 2.56 bits per heavy atom. The highest BCUT2D eigenvalue weighted by Crippen LogP contribution is 2.39. The summed E-state index contributed by atoms with van der Waals surface area (Å²) in [6.07, 6.45) is 8.92. The Bertz CT molecular complexity index is 811. The number of fused-ring (bicyclic) bond motifs is 3. The molecule has 5 nitrogen and oxygen atoms in total. The molecule has 140 valence electrons. The number of piperidine rings is 1. The number of aromatic nitrogens is 1. The molecule has 3 atom stereocenters. The molecular formula is C22H24N2O3. The molecule has 2 bridgehead atoms. The van der Waals surface area contributed by atoms with Crippen LogP contribution in [-0.4, -0.2) is 40.1 Å². The fraction of sp³-hybridized carbons (Fsp3) is 0.455. The third-order valence-electron chi connectivity index (χ3n) is 6.09. The van der Waals surface area contributed by atoms with Gasteiger partial charge in [-0.1, -0.05) is 18.2 Å². The van der Waals surface area contributed by atoms with Crippen LogP contribution in [0, 0.1) is 0 Å². The average Bonchev–Trinajstić information content (AvgIpc) is 2.98. The molecule has 3 aliphatic rings. The number of aryl methyl sites for hydroxylation is 1. The van der Waals surface area contributed by atoms with Crippen molar-refractivity contribution < 1.29 is 14.3 Å². The van der Waals surface area contributed by atoms with Crippen molar-refractivity contribution in [1.29, 1.82) is 0 Å². The quantitative estimate of drug-likeness (QED) is 0.838. The maximum absolute atomic E-state index is 13.2. The van der Waals surface area contributed by atoms with E-state index in [0.29, 0.717) is 0 Å². The van der Waals surface area contributed by atoms with E-state index in [0.717, 1.165) is 50.0 Å². The van der Waals surface area contributed by atoms with Crippen molar-refractivity contribution in [2.75, 3.05) is 0 Å². The number of hydrogen-bond donors (Lipinski definition) is 0. The van der Waals surface area contributed by atoms with E-state index in [1.165, 1.54) is 5.56 Å². The van der Waals surface area contributed by atoms with Crippen LogP contribution < -0.4 is 9.47 Å². The Kier molecular flexibility index (Phi) is 4.23. The van der Waals surface area contributed by atoms with Crippen LogP contribution in [0.5, 0.6) is 11.5 Å². The van der Waals surface area contributed by atoms with Gasteiger partial charge in [0, 0.05) is 37.3 Å². The van der Waals surface area contributed by atoms with Gasteiger partial charge in [0.15, 0.2) is 6.10 Å². The summed E-state index contributed by atoms with van der Waals surface area (Å²) >= 11 is 0. The molecule has 27 heavy (non-hydrogen) atoms. The third-order valence-corrected chi connectivity index (χ3v) is 6.09. The lowest BCUT2D eigenvalue weighted by atomic mass is 9.96. The maximum Gasteiger partial charge on any atom is 0.264 e. The smallest absolute Gasteiger partial charge is 0.264 e. The summed E-state index contributed by atoms with van der Waals surface area (Å²) in [6, 6.07) is 12.4. The summed E-state index contributed by atoms with van der Waals surface area (Å²) in [6.45, 7) is 0. The van der Waals surface area contributed by atoms with E-state index in [2.05, 4.69) is 16.0 Å². The summed E-state index contributed by atoms with van der Waals surface area (Å²) in [4.78, 5) is 19.4. The molecule has 2 fully saturated rings. The summed E-state index contributed by atoms with van der Waals surface area (Å²) < 4.78 is 12.2. The van der Waals surface area contributed by atoms with E-state index < -0.39 is 0 Å². The van der Waals surface area contributed by atoms with Gasteiger partial charge in [0.25, 0.3) is 5.91 Å². The zero-order valence-corrected chi connectivity index (χ0v) is 15.3. The molecule has 0 aliphatic carbocycles. The first-order chi connectivity index (χ1) is 13.3. The molecule has 0 saturated carbocycles.